The third-order valence-electron chi connectivity index (χ3n) is 6.51. The zero-order valence-corrected chi connectivity index (χ0v) is 25.8. The zero-order valence-electron chi connectivity index (χ0n) is 25.8. The molecule has 9 heteroatoms. The van der Waals surface area contributed by atoms with Gasteiger partial charge in [0, 0.05) is 55.9 Å². The van der Waals surface area contributed by atoms with Gasteiger partial charge in [0.25, 0.3) is 0 Å². The topological polar surface area (TPSA) is 76.1 Å². The summed E-state index contributed by atoms with van der Waals surface area (Å²) in [5.41, 5.74) is 0. The van der Waals surface area contributed by atoms with Crippen molar-refractivity contribution in [1.29, 1.82) is 0 Å². The third kappa shape index (κ3) is 12.6. The van der Waals surface area contributed by atoms with Crippen molar-refractivity contribution in [3.05, 3.63) is 0 Å². The van der Waals surface area contributed by atoms with Crippen molar-refractivity contribution in [3.8, 4) is 18.0 Å². The molecule has 0 aliphatic carbocycles. The predicted molar refractivity (Wildman–Crippen MR) is 152 cm³/mol. The fourth-order valence-corrected chi connectivity index (χ4v) is 4.75. The van der Waals surface area contributed by atoms with E-state index in [4.69, 9.17) is 14.2 Å². The number of hydrogen-bond acceptors (Lipinski definition) is 9. The summed E-state index contributed by atoms with van der Waals surface area (Å²) in [6.07, 6.45) is 0.879. The molecule has 0 atom stereocenters. The van der Waals surface area contributed by atoms with E-state index < -0.39 is 0 Å². The molecule has 0 spiro atoms. The monoisotopic (exact) mass is 524 g/mol. The molecule has 0 fully saturated rings. The van der Waals surface area contributed by atoms with E-state index in [-0.39, 0.29) is 18.0 Å². The first-order chi connectivity index (χ1) is 17.3. The van der Waals surface area contributed by atoms with E-state index in [0.29, 0.717) is 56.1 Å². The highest BCUT2D eigenvalue weighted by Gasteiger charge is 2.17. The summed E-state index contributed by atoms with van der Waals surface area (Å²) in [4.78, 5) is 20.4. The van der Waals surface area contributed by atoms with E-state index in [2.05, 4.69) is 113 Å². The van der Waals surface area contributed by atoms with Crippen LogP contribution in [0, 0.1) is 0 Å². The SMILES string of the molecule is CC(C)N(CCCOc1nc(OCCN(C(C)C)C(C)C)nc(OCCN(C(C)C)C(C)C)n1)C(C)C. The molecule has 0 N–H and O–H groups in total. The van der Waals surface area contributed by atoms with E-state index in [9.17, 15) is 0 Å². The van der Waals surface area contributed by atoms with Crippen LogP contribution >= 0.6 is 0 Å². The normalized spacial score (nSPS) is 12.6. The van der Waals surface area contributed by atoms with Crippen molar-refractivity contribution in [2.24, 2.45) is 0 Å². The summed E-state index contributed by atoms with van der Waals surface area (Å²) < 4.78 is 17.8. The lowest BCUT2D eigenvalue weighted by molar-refractivity contribution is 0.129. The molecule has 1 aromatic rings. The fraction of sp³-hybridized carbons (Fsp3) is 0.893. The Morgan fingerprint density at radius 3 is 1.00 bits per heavy atom. The first-order valence-corrected chi connectivity index (χ1v) is 14.2. The minimum Gasteiger partial charge on any atom is -0.463 e. The standard InChI is InChI=1S/C28H56N6O3/c1-20(2)32(21(3)4)14-13-17-35-26-29-27(36-18-15-33(22(5)6)23(7)8)31-28(30-26)37-19-16-34(24(9)10)25(11)12/h20-25H,13-19H2,1-12H3. The van der Waals surface area contributed by atoms with Crippen LogP contribution in [0.5, 0.6) is 18.0 Å². The molecule has 1 heterocycles. The first-order valence-electron chi connectivity index (χ1n) is 14.2. The lowest BCUT2D eigenvalue weighted by atomic mass is 10.2. The Bertz CT molecular complexity index is 674. The molecule has 0 saturated heterocycles. The Kier molecular flexibility index (Phi) is 15.3. The Hall–Kier alpha value is -1.71. The highest BCUT2D eigenvalue weighted by molar-refractivity contribution is 5.09. The molecule has 0 radical (unpaired) electrons. The van der Waals surface area contributed by atoms with Crippen molar-refractivity contribution in [1.82, 2.24) is 29.7 Å². The van der Waals surface area contributed by atoms with Gasteiger partial charge < -0.3 is 14.2 Å². The summed E-state index contributed by atoms with van der Waals surface area (Å²) in [5.74, 6) is 0. The van der Waals surface area contributed by atoms with Gasteiger partial charge in [-0.15, -0.1) is 15.0 Å². The second-order valence-electron chi connectivity index (χ2n) is 11.4. The summed E-state index contributed by atoms with van der Waals surface area (Å²) in [5, 5.41) is 0. The van der Waals surface area contributed by atoms with Crippen LogP contribution in [0.15, 0.2) is 0 Å². The smallest absolute Gasteiger partial charge is 0.325 e. The highest BCUT2D eigenvalue weighted by atomic mass is 16.5. The molecule has 1 aromatic heterocycles. The summed E-state index contributed by atoms with van der Waals surface area (Å²) in [7, 11) is 0. The Labute approximate surface area is 227 Å². The van der Waals surface area contributed by atoms with Crippen molar-refractivity contribution in [3.63, 3.8) is 0 Å². The van der Waals surface area contributed by atoms with Crippen LogP contribution in [-0.2, 0) is 0 Å². The van der Waals surface area contributed by atoms with Gasteiger partial charge in [-0.1, -0.05) is 0 Å². The molecular formula is C28H56N6O3. The average Bonchev–Trinajstić information content (AvgIpc) is 2.77. The van der Waals surface area contributed by atoms with Crippen LogP contribution in [0.2, 0.25) is 0 Å². The van der Waals surface area contributed by atoms with E-state index in [0.717, 1.165) is 26.1 Å². The van der Waals surface area contributed by atoms with Crippen molar-refractivity contribution in [2.45, 2.75) is 126 Å². The van der Waals surface area contributed by atoms with Crippen LogP contribution in [0.3, 0.4) is 0 Å². The second kappa shape index (κ2) is 17.0. The van der Waals surface area contributed by atoms with E-state index in [1.54, 1.807) is 0 Å². The Morgan fingerprint density at radius 1 is 0.432 bits per heavy atom. The molecule has 9 nitrogen and oxygen atoms in total. The average molecular weight is 525 g/mol. The van der Waals surface area contributed by atoms with Gasteiger partial charge in [0.1, 0.15) is 13.2 Å². The summed E-state index contributed by atoms with van der Waals surface area (Å²) in [6, 6.07) is 3.43. The van der Waals surface area contributed by atoms with Gasteiger partial charge in [0.05, 0.1) is 6.61 Å². The molecule has 0 amide bonds. The lowest BCUT2D eigenvalue weighted by Gasteiger charge is -2.30. The van der Waals surface area contributed by atoms with Gasteiger partial charge in [0.2, 0.25) is 0 Å². The largest absolute Gasteiger partial charge is 0.463 e. The Morgan fingerprint density at radius 2 is 0.703 bits per heavy atom. The van der Waals surface area contributed by atoms with Crippen LogP contribution < -0.4 is 14.2 Å². The zero-order chi connectivity index (χ0) is 28.1. The first kappa shape index (κ1) is 33.3. The summed E-state index contributed by atoms with van der Waals surface area (Å²) >= 11 is 0. The maximum Gasteiger partial charge on any atom is 0.325 e. The third-order valence-corrected chi connectivity index (χ3v) is 6.51. The molecule has 216 valence electrons. The van der Waals surface area contributed by atoms with Gasteiger partial charge in [-0.3, -0.25) is 14.7 Å². The van der Waals surface area contributed by atoms with Gasteiger partial charge in [-0.2, -0.15) is 0 Å². The number of rotatable bonds is 19. The molecule has 0 aromatic carbocycles. The molecule has 1 rings (SSSR count). The maximum atomic E-state index is 5.95. The predicted octanol–water partition coefficient (Wildman–Crippen LogP) is 4.75. The molecule has 0 saturated carbocycles. The lowest BCUT2D eigenvalue weighted by Crippen LogP contribution is -2.40. The van der Waals surface area contributed by atoms with E-state index in [1.165, 1.54) is 0 Å². The summed E-state index contributed by atoms with van der Waals surface area (Å²) in [6.45, 7) is 30.4. The minimum atomic E-state index is 0.239. The van der Waals surface area contributed by atoms with Crippen molar-refractivity contribution in [2.75, 3.05) is 39.5 Å². The van der Waals surface area contributed by atoms with E-state index in [1.807, 2.05) is 0 Å². The van der Waals surface area contributed by atoms with Gasteiger partial charge in [0.15, 0.2) is 0 Å². The van der Waals surface area contributed by atoms with Gasteiger partial charge in [-0.25, -0.2) is 0 Å². The molecule has 0 bridgehead atoms. The van der Waals surface area contributed by atoms with Crippen LogP contribution in [0.25, 0.3) is 0 Å². The van der Waals surface area contributed by atoms with Gasteiger partial charge in [-0.05, 0) is 89.5 Å². The molecule has 0 aliphatic rings. The Balaban J connectivity index is 2.86. The number of ether oxygens (including phenoxy) is 3. The minimum absolute atomic E-state index is 0.239. The van der Waals surface area contributed by atoms with Crippen LogP contribution in [0.1, 0.15) is 89.5 Å². The highest BCUT2D eigenvalue weighted by Crippen LogP contribution is 2.16. The maximum absolute atomic E-state index is 5.95. The van der Waals surface area contributed by atoms with Crippen molar-refractivity contribution < 1.29 is 14.2 Å². The van der Waals surface area contributed by atoms with Crippen LogP contribution in [0.4, 0.5) is 0 Å². The molecule has 0 aliphatic heterocycles. The second-order valence-corrected chi connectivity index (χ2v) is 11.4. The number of hydrogen-bond donors (Lipinski definition) is 0. The van der Waals surface area contributed by atoms with Crippen LogP contribution in [-0.4, -0.2) is 105 Å². The molecule has 0 unspecified atom stereocenters. The fourth-order valence-electron chi connectivity index (χ4n) is 4.75. The quantitative estimate of drug-likeness (QED) is 0.238. The van der Waals surface area contributed by atoms with Gasteiger partial charge >= 0.3 is 18.0 Å². The molecular weight excluding hydrogens is 468 g/mol. The molecule has 37 heavy (non-hydrogen) atoms. The van der Waals surface area contributed by atoms with E-state index >= 15 is 0 Å². The van der Waals surface area contributed by atoms with Crippen molar-refractivity contribution >= 4 is 0 Å². The number of aromatic nitrogens is 3. The number of nitrogens with zero attached hydrogens (tertiary/aromatic N) is 6.